The van der Waals surface area contributed by atoms with Gasteiger partial charge in [0.2, 0.25) is 0 Å². The number of aromatic amines is 1. The molecule has 1 aliphatic heterocycles. The van der Waals surface area contributed by atoms with E-state index in [-0.39, 0.29) is 17.0 Å². The van der Waals surface area contributed by atoms with Gasteiger partial charge in [-0.25, -0.2) is 4.98 Å². The van der Waals surface area contributed by atoms with E-state index in [0.717, 1.165) is 17.8 Å². The molecule has 0 fully saturated rings. The fourth-order valence-corrected chi connectivity index (χ4v) is 2.97. The molecule has 0 atom stereocenters. The quantitative estimate of drug-likeness (QED) is 0.674. The molecule has 0 unspecified atom stereocenters. The van der Waals surface area contributed by atoms with Crippen LogP contribution in [0.5, 0.6) is 5.75 Å². The smallest absolute Gasteiger partial charge is 0.311 e. The standard InChI is InChI=1S/C16H18N4O4/c1-10-17-13-5-6-19(9-12(13)16(21)18-10)8-11-3-4-15(24-2)14(7-11)20(22)23/h3-4,7H,5-6,8-9H2,1-2H3,(H,17,18,21). The van der Waals surface area contributed by atoms with E-state index >= 15 is 0 Å². The SMILES string of the molecule is COc1ccc(CN2CCc3nc(C)[nH]c(=O)c3C2)cc1[N+](=O)[O-]. The van der Waals surface area contributed by atoms with Crippen molar-refractivity contribution in [3.8, 4) is 5.75 Å². The zero-order valence-electron chi connectivity index (χ0n) is 13.5. The Labute approximate surface area is 138 Å². The summed E-state index contributed by atoms with van der Waals surface area (Å²) in [6.07, 6.45) is 0.693. The Bertz CT molecular complexity index is 846. The van der Waals surface area contributed by atoms with Crippen LogP contribution >= 0.6 is 0 Å². The Balaban J connectivity index is 1.82. The van der Waals surface area contributed by atoms with Crippen LogP contribution in [0.4, 0.5) is 5.69 Å². The van der Waals surface area contributed by atoms with Gasteiger partial charge in [-0.05, 0) is 18.6 Å². The summed E-state index contributed by atoms with van der Waals surface area (Å²) in [7, 11) is 1.41. The Kier molecular flexibility index (Phi) is 4.30. The van der Waals surface area contributed by atoms with Crippen molar-refractivity contribution in [2.24, 2.45) is 0 Å². The molecule has 1 N–H and O–H groups in total. The van der Waals surface area contributed by atoms with Gasteiger partial charge in [0, 0.05) is 32.1 Å². The molecule has 8 nitrogen and oxygen atoms in total. The van der Waals surface area contributed by atoms with Crippen LogP contribution in [0.15, 0.2) is 23.0 Å². The zero-order chi connectivity index (χ0) is 17.3. The lowest BCUT2D eigenvalue weighted by atomic mass is 10.1. The monoisotopic (exact) mass is 330 g/mol. The van der Waals surface area contributed by atoms with Crippen LogP contribution in [-0.2, 0) is 19.5 Å². The lowest BCUT2D eigenvalue weighted by molar-refractivity contribution is -0.385. The second-order valence-electron chi connectivity index (χ2n) is 5.80. The van der Waals surface area contributed by atoms with Gasteiger partial charge in [0.25, 0.3) is 5.56 Å². The van der Waals surface area contributed by atoms with Gasteiger partial charge >= 0.3 is 5.69 Å². The first-order chi connectivity index (χ1) is 11.5. The Morgan fingerprint density at radius 3 is 2.96 bits per heavy atom. The summed E-state index contributed by atoms with van der Waals surface area (Å²) in [5, 5.41) is 11.1. The lowest BCUT2D eigenvalue weighted by Gasteiger charge is -2.27. The molecule has 1 aromatic carbocycles. The molecular weight excluding hydrogens is 312 g/mol. The second kappa shape index (κ2) is 6.40. The van der Waals surface area contributed by atoms with E-state index in [2.05, 4.69) is 14.9 Å². The number of nitrogens with one attached hydrogen (secondary N) is 1. The van der Waals surface area contributed by atoms with E-state index < -0.39 is 4.92 Å². The van der Waals surface area contributed by atoms with Gasteiger partial charge in [-0.2, -0.15) is 0 Å². The summed E-state index contributed by atoms with van der Waals surface area (Å²) in [6, 6.07) is 4.92. The summed E-state index contributed by atoms with van der Waals surface area (Å²) in [5.41, 5.74) is 2.16. The van der Waals surface area contributed by atoms with Crippen molar-refractivity contribution < 1.29 is 9.66 Å². The third-order valence-corrected chi connectivity index (χ3v) is 4.11. The highest BCUT2D eigenvalue weighted by Crippen LogP contribution is 2.28. The molecular formula is C16H18N4O4. The molecule has 0 saturated heterocycles. The number of nitrogens with zero attached hydrogens (tertiary/aromatic N) is 3. The van der Waals surface area contributed by atoms with Crippen molar-refractivity contribution in [3.63, 3.8) is 0 Å². The summed E-state index contributed by atoms with van der Waals surface area (Å²) < 4.78 is 5.02. The topological polar surface area (TPSA) is 101 Å². The zero-order valence-corrected chi connectivity index (χ0v) is 13.5. The molecule has 126 valence electrons. The molecule has 0 bridgehead atoms. The lowest BCUT2D eigenvalue weighted by Crippen LogP contribution is -2.35. The number of nitro benzene ring substituents is 1. The van der Waals surface area contributed by atoms with Crippen LogP contribution in [0.25, 0.3) is 0 Å². The second-order valence-corrected chi connectivity index (χ2v) is 5.80. The summed E-state index contributed by atoms with van der Waals surface area (Å²) in [6.45, 7) is 3.53. The van der Waals surface area contributed by atoms with E-state index in [1.54, 1.807) is 19.1 Å². The van der Waals surface area contributed by atoms with Crippen LogP contribution in [0.1, 0.15) is 22.6 Å². The van der Waals surface area contributed by atoms with Gasteiger partial charge in [-0.3, -0.25) is 19.8 Å². The molecule has 0 saturated carbocycles. The predicted molar refractivity (Wildman–Crippen MR) is 87.1 cm³/mol. The maximum absolute atomic E-state index is 12.1. The van der Waals surface area contributed by atoms with Crippen molar-refractivity contribution in [2.75, 3.05) is 13.7 Å². The van der Waals surface area contributed by atoms with E-state index in [0.29, 0.717) is 30.9 Å². The highest BCUT2D eigenvalue weighted by atomic mass is 16.6. The van der Waals surface area contributed by atoms with Crippen molar-refractivity contribution in [1.82, 2.24) is 14.9 Å². The van der Waals surface area contributed by atoms with E-state index in [1.165, 1.54) is 13.2 Å². The molecule has 24 heavy (non-hydrogen) atoms. The number of ether oxygens (including phenoxy) is 1. The first-order valence-corrected chi connectivity index (χ1v) is 7.60. The Morgan fingerprint density at radius 1 is 1.46 bits per heavy atom. The van der Waals surface area contributed by atoms with Crippen LogP contribution in [0, 0.1) is 17.0 Å². The summed E-state index contributed by atoms with van der Waals surface area (Å²) >= 11 is 0. The van der Waals surface area contributed by atoms with Crippen molar-refractivity contribution in [1.29, 1.82) is 0 Å². The molecule has 0 spiro atoms. The van der Waals surface area contributed by atoms with Crippen LogP contribution in [0.3, 0.4) is 0 Å². The molecule has 2 heterocycles. The third-order valence-electron chi connectivity index (χ3n) is 4.11. The fraction of sp³-hybridized carbons (Fsp3) is 0.375. The Hall–Kier alpha value is -2.74. The highest BCUT2D eigenvalue weighted by Gasteiger charge is 2.22. The molecule has 0 aliphatic carbocycles. The number of fused-ring (bicyclic) bond motifs is 1. The number of hydrogen-bond acceptors (Lipinski definition) is 6. The van der Waals surface area contributed by atoms with Crippen LogP contribution in [0.2, 0.25) is 0 Å². The number of benzene rings is 1. The van der Waals surface area contributed by atoms with Gasteiger partial charge < -0.3 is 9.72 Å². The molecule has 1 aromatic heterocycles. The van der Waals surface area contributed by atoms with Gasteiger partial charge in [-0.1, -0.05) is 6.07 Å². The van der Waals surface area contributed by atoms with Gasteiger partial charge in [0.05, 0.1) is 23.3 Å². The Morgan fingerprint density at radius 2 is 2.25 bits per heavy atom. The predicted octanol–water partition coefficient (Wildman–Crippen LogP) is 1.55. The number of aryl methyl sites for hydroxylation is 1. The molecule has 0 radical (unpaired) electrons. The number of methoxy groups -OCH3 is 1. The number of H-pyrrole nitrogens is 1. The largest absolute Gasteiger partial charge is 0.490 e. The normalized spacial score (nSPS) is 14.2. The van der Waals surface area contributed by atoms with Crippen molar-refractivity contribution in [3.05, 3.63) is 61.3 Å². The first-order valence-electron chi connectivity index (χ1n) is 7.60. The molecule has 2 aromatic rings. The summed E-state index contributed by atoms with van der Waals surface area (Å²) in [5.74, 6) is 0.863. The minimum atomic E-state index is -0.453. The maximum atomic E-state index is 12.1. The van der Waals surface area contributed by atoms with Crippen LogP contribution < -0.4 is 10.3 Å². The molecule has 3 rings (SSSR count). The minimum Gasteiger partial charge on any atom is -0.490 e. The van der Waals surface area contributed by atoms with Crippen molar-refractivity contribution in [2.45, 2.75) is 26.4 Å². The maximum Gasteiger partial charge on any atom is 0.311 e. The summed E-state index contributed by atoms with van der Waals surface area (Å²) in [4.78, 5) is 31.9. The van der Waals surface area contributed by atoms with Gasteiger partial charge in [-0.15, -0.1) is 0 Å². The minimum absolute atomic E-state index is 0.0532. The van der Waals surface area contributed by atoms with Gasteiger partial charge in [0.15, 0.2) is 5.75 Å². The number of nitro groups is 1. The number of rotatable bonds is 4. The molecule has 1 aliphatic rings. The molecule has 8 heteroatoms. The average molecular weight is 330 g/mol. The number of aromatic nitrogens is 2. The van der Waals surface area contributed by atoms with E-state index in [9.17, 15) is 14.9 Å². The third kappa shape index (κ3) is 3.13. The van der Waals surface area contributed by atoms with E-state index in [1.807, 2.05) is 0 Å². The van der Waals surface area contributed by atoms with Crippen LogP contribution in [-0.4, -0.2) is 33.4 Å². The highest BCUT2D eigenvalue weighted by molar-refractivity contribution is 5.48. The van der Waals surface area contributed by atoms with Gasteiger partial charge in [0.1, 0.15) is 5.82 Å². The molecule has 0 amide bonds. The number of hydrogen-bond donors (Lipinski definition) is 1. The first kappa shape index (κ1) is 16.1. The fourth-order valence-electron chi connectivity index (χ4n) is 2.97. The average Bonchev–Trinajstić information content (AvgIpc) is 2.55. The van der Waals surface area contributed by atoms with E-state index in [4.69, 9.17) is 4.74 Å². The van der Waals surface area contributed by atoms with Crippen molar-refractivity contribution >= 4 is 5.69 Å².